The first-order chi connectivity index (χ1) is 9.58. The van der Waals surface area contributed by atoms with Crippen LogP contribution >= 0.6 is 12.4 Å². The molecule has 1 heterocycles. The number of nitrogens with one attached hydrogen (secondary N) is 1. The van der Waals surface area contributed by atoms with Crippen LogP contribution in [0.25, 0.3) is 0 Å². The van der Waals surface area contributed by atoms with E-state index in [9.17, 15) is 0 Å². The van der Waals surface area contributed by atoms with Crippen LogP contribution in [0.5, 0.6) is 11.5 Å². The number of benzene rings is 1. The van der Waals surface area contributed by atoms with Gasteiger partial charge in [-0.05, 0) is 38.5 Å². The van der Waals surface area contributed by atoms with E-state index in [1.54, 1.807) is 7.11 Å². The normalized spacial score (nSPS) is 19.2. The molecule has 5 heteroatoms. The minimum absolute atomic E-state index is 0. The van der Waals surface area contributed by atoms with Crippen molar-refractivity contribution in [1.82, 2.24) is 10.2 Å². The van der Waals surface area contributed by atoms with Crippen molar-refractivity contribution in [3.05, 3.63) is 23.8 Å². The molecule has 4 nitrogen and oxygen atoms in total. The van der Waals surface area contributed by atoms with Crippen molar-refractivity contribution in [3.8, 4) is 11.5 Å². The first-order valence-electron chi connectivity index (χ1n) is 7.37. The summed E-state index contributed by atoms with van der Waals surface area (Å²) >= 11 is 0. The average Bonchev–Trinajstić information content (AvgIpc) is 2.40. The summed E-state index contributed by atoms with van der Waals surface area (Å²) in [6.07, 6.45) is 0.156. The molecule has 1 N–H and O–H groups in total. The fourth-order valence-corrected chi connectivity index (χ4v) is 2.58. The highest BCUT2D eigenvalue weighted by atomic mass is 35.5. The number of rotatable bonds is 5. The predicted octanol–water partition coefficient (Wildman–Crippen LogP) is 2.70. The largest absolute Gasteiger partial charge is 0.493 e. The van der Waals surface area contributed by atoms with Gasteiger partial charge in [0.1, 0.15) is 0 Å². The molecular weight excluding hydrogens is 288 g/mol. The van der Waals surface area contributed by atoms with E-state index in [-0.39, 0.29) is 18.5 Å². The molecule has 1 aromatic carbocycles. The van der Waals surface area contributed by atoms with Crippen molar-refractivity contribution >= 4 is 12.4 Å². The van der Waals surface area contributed by atoms with E-state index >= 15 is 0 Å². The topological polar surface area (TPSA) is 33.7 Å². The van der Waals surface area contributed by atoms with E-state index in [1.807, 2.05) is 19.9 Å². The summed E-state index contributed by atoms with van der Waals surface area (Å²) in [5.41, 5.74) is 1.27. The SMILES string of the molecule is COc1cc(CN2CCN[C@@H](C)C2)ccc1OC(C)C.Cl. The van der Waals surface area contributed by atoms with Crippen molar-refractivity contribution in [2.75, 3.05) is 26.7 Å². The zero-order chi connectivity index (χ0) is 14.5. The summed E-state index contributed by atoms with van der Waals surface area (Å²) in [5.74, 6) is 1.64. The molecule has 1 aromatic rings. The van der Waals surface area contributed by atoms with Gasteiger partial charge in [0, 0.05) is 32.2 Å². The second-order valence-corrected chi connectivity index (χ2v) is 5.74. The van der Waals surface area contributed by atoms with Crippen molar-refractivity contribution in [2.24, 2.45) is 0 Å². The molecule has 1 saturated heterocycles. The maximum Gasteiger partial charge on any atom is 0.161 e. The molecule has 1 fully saturated rings. The molecule has 1 aliphatic heterocycles. The fourth-order valence-electron chi connectivity index (χ4n) is 2.58. The number of piperazine rings is 1. The molecule has 0 aromatic heterocycles. The predicted molar refractivity (Wildman–Crippen MR) is 88.7 cm³/mol. The van der Waals surface area contributed by atoms with E-state index in [0.717, 1.165) is 37.7 Å². The van der Waals surface area contributed by atoms with Gasteiger partial charge in [-0.2, -0.15) is 0 Å². The van der Waals surface area contributed by atoms with Gasteiger partial charge in [0.05, 0.1) is 13.2 Å². The number of nitrogens with zero attached hydrogens (tertiary/aromatic N) is 1. The van der Waals surface area contributed by atoms with Gasteiger partial charge < -0.3 is 14.8 Å². The molecule has 1 aliphatic rings. The van der Waals surface area contributed by atoms with Gasteiger partial charge in [-0.1, -0.05) is 6.07 Å². The van der Waals surface area contributed by atoms with Crippen LogP contribution in [0.2, 0.25) is 0 Å². The molecule has 0 spiro atoms. The molecule has 21 heavy (non-hydrogen) atoms. The van der Waals surface area contributed by atoms with E-state index in [4.69, 9.17) is 9.47 Å². The van der Waals surface area contributed by atoms with Crippen LogP contribution in [0.15, 0.2) is 18.2 Å². The number of hydrogen-bond acceptors (Lipinski definition) is 4. The minimum atomic E-state index is 0. The molecule has 0 saturated carbocycles. The van der Waals surface area contributed by atoms with E-state index in [1.165, 1.54) is 5.56 Å². The Labute approximate surface area is 134 Å². The summed E-state index contributed by atoms with van der Waals surface area (Å²) in [6, 6.07) is 6.80. The third-order valence-electron chi connectivity index (χ3n) is 3.45. The lowest BCUT2D eigenvalue weighted by Gasteiger charge is -2.31. The monoisotopic (exact) mass is 314 g/mol. The Morgan fingerprint density at radius 1 is 1.33 bits per heavy atom. The van der Waals surface area contributed by atoms with E-state index in [0.29, 0.717) is 6.04 Å². The molecule has 0 radical (unpaired) electrons. The third kappa shape index (κ3) is 5.38. The standard InChI is InChI=1S/C16H26N2O2.ClH/c1-12(2)20-15-6-5-14(9-16(15)19-4)11-18-8-7-17-13(3)10-18;/h5-6,9,12-13,17H,7-8,10-11H2,1-4H3;1H/t13-;/m0./s1. The minimum Gasteiger partial charge on any atom is -0.493 e. The Bertz CT molecular complexity index is 440. The second-order valence-electron chi connectivity index (χ2n) is 5.74. The van der Waals surface area contributed by atoms with Crippen LogP contribution in [-0.2, 0) is 6.54 Å². The Hall–Kier alpha value is -0.970. The first kappa shape index (κ1) is 18.1. The van der Waals surface area contributed by atoms with E-state index in [2.05, 4.69) is 29.3 Å². The van der Waals surface area contributed by atoms with Gasteiger partial charge in [-0.3, -0.25) is 4.90 Å². The molecule has 0 unspecified atom stereocenters. The van der Waals surface area contributed by atoms with Crippen molar-refractivity contribution in [3.63, 3.8) is 0 Å². The zero-order valence-corrected chi connectivity index (χ0v) is 14.2. The second kappa shape index (κ2) is 8.47. The molecule has 0 bridgehead atoms. The van der Waals surface area contributed by atoms with Gasteiger partial charge in [0.15, 0.2) is 11.5 Å². The van der Waals surface area contributed by atoms with Crippen molar-refractivity contribution < 1.29 is 9.47 Å². The number of ether oxygens (including phenoxy) is 2. The Morgan fingerprint density at radius 3 is 2.71 bits per heavy atom. The van der Waals surface area contributed by atoms with Crippen LogP contribution < -0.4 is 14.8 Å². The quantitative estimate of drug-likeness (QED) is 0.906. The number of halogens is 1. The van der Waals surface area contributed by atoms with Crippen LogP contribution in [0.4, 0.5) is 0 Å². The highest BCUT2D eigenvalue weighted by Crippen LogP contribution is 2.29. The lowest BCUT2D eigenvalue weighted by atomic mass is 10.1. The van der Waals surface area contributed by atoms with Gasteiger partial charge in [0.25, 0.3) is 0 Å². The maximum atomic E-state index is 5.75. The van der Waals surface area contributed by atoms with Crippen LogP contribution in [0.3, 0.4) is 0 Å². The lowest BCUT2D eigenvalue weighted by molar-refractivity contribution is 0.199. The summed E-state index contributed by atoms with van der Waals surface area (Å²) in [6.45, 7) is 10.5. The van der Waals surface area contributed by atoms with Crippen LogP contribution in [0, 0.1) is 0 Å². The maximum absolute atomic E-state index is 5.75. The average molecular weight is 315 g/mol. The van der Waals surface area contributed by atoms with Gasteiger partial charge in [-0.25, -0.2) is 0 Å². The smallest absolute Gasteiger partial charge is 0.161 e. The first-order valence-corrected chi connectivity index (χ1v) is 7.37. The van der Waals surface area contributed by atoms with Crippen LogP contribution in [0.1, 0.15) is 26.3 Å². The lowest BCUT2D eigenvalue weighted by Crippen LogP contribution is -2.48. The summed E-state index contributed by atoms with van der Waals surface area (Å²) < 4.78 is 11.2. The summed E-state index contributed by atoms with van der Waals surface area (Å²) in [7, 11) is 1.69. The fraction of sp³-hybridized carbons (Fsp3) is 0.625. The highest BCUT2D eigenvalue weighted by molar-refractivity contribution is 5.85. The van der Waals surface area contributed by atoms with Crippen molar-refractivity contribution in [2.45, 2.75) is 39.5 Å². The van der Waals surface area contributed by atoms with Gasteiger partial charge in [-0.15, -0.1) is 12.4 Å². The van der Waals surface area contributed by atoms with E-state index < -0.39 is 0 Å². The molecule has 2 rings (SSSR count). The molecule has 0 amide bonds. The van der Waals surface area contributed by atoms with Gasteiger partial charge in [0.2, 0.25) is 0 Å². The van der Waals surface area contributed by atoms with Crippen molar-refractivity contribution in [1.29, 1.82) is 0 Å². The number of methoxy groups -OCH3 is 1. The Morgan fingerprint density at radius 2 is 2.10 bits per heavy atom. The molecule has 120 valence electrons. The molecule has 0 aliphatic carbocycles. The summed E-state index contributed by atoms with van der Waals surface area (Å²) in [4.78, 5) is 2.47. The zero-order valence-electron chi connectivity index (χ0n) is 13.4. The highest BCUT2D eigenvalue weighted by Gasteiger charge is 2.16. The molecular formula is C16H27ClN2O2. The Kier molecular flexibility index (Phi) is 7.29. The Balaban J connectivity index is 0.00000220. The number of hydrogen-bond donors (Lipinski definition) is 1. The summed E-state index contributed by atoms with van der Waals surface area (Å²) in [5, 5.41) is 3.46. The van der Waals surface area contributed by atoms with Gasteiger partial charge >= 0.3 is 0 Å². The third-order valence-corrected chi connectivity index (χ3v) is 3.45. The van der Waals surface area contributed by atoms with Crippen LogP contribution in [-0.4, -0.2) is 43.8 Å². The molecule has 1 atom stereocenters.